The number of nitrogens with one attached hydrogen (secondary N) is 1. The van der Waals surface area contributed by atoms with Crippen molar-refractivity contribution in [3.63, 3.8) is 0 Å². The summed E-state index contributed by atoms with van der Waals surface area (Å²) >= 11 is 0. The maximum Gasteiger partial charge on any atom is 0.0195 e. The number of likely N-dealkylation sites (N-methyl/N-ethyl adjacent to an activating group) is 1. The van der Waals surface area contributed by atoms with Crippen molar-refractivity contribution in [2.24, 2.45) is 5.92 Å². The van der Waals surface area contributed by atoms with Crippen LogP contribution in [0.25, 0.3) is 0 Å². The number of hydrogen-bond donors (Lipinski definition) is 1. The average molecular weight is 253 g/mol. The highest BCUT2D eigenvalue weighted by molar-refractivity contribution is 4.86. The van der Waals surface area contributed by atoms with Gasteiger partial charge in [0.2, 0.25) is 0 Å². The van der Waals surface area contributed by atoms with Crippen LogP contribution < -0.4 is 5.32 Å². The zero-order valence-electron chi connectivity index (χ0n) is 12.7. The Morgan fingerprint density at radius 2 is 1.94 bits per heavy atom. The van der Waals surface area contributed by atoms with Gasteiger partial charge in [0.15, 0.2) is 0 Å². The highest BCUT2D eigenvalue weighted by atomic mass is 15.3. The Balaban J connectivity index is 1.75. The predicted molar refractivity (Wildman–Crippen MR) is 77.9 cm³/mol. The van der Waals surface area contributed by atoms with E-state index in [4.69, 9.17) is 0 Å². The first-order chi connectivity index (χ1) is 8.61. The SMILES string of the molecule is CCN1CCN(C(C)C(C)CNC2CC2)CC1C. The zero-order chi connectivity index (χ0) is 13.1. The molecule has 1 aliphatic heterocycles. The van der Waals surface area contributed by atoms with E-state index >= 15 is 0 Å². The van der Waals surface area contributed by atoms with E-state index in [0.29, 0.717) is 6.04 Å². The molecule has 1 saturated heterocycles. The van der Waals surface area contributed by atoms with Gasteiger partial charge in [0.1, 0.15) is 0 Å². The Hall–Kier alpha value is -0.120. The topological polar surface area (TPSA) is 18.5 Å². The van der Waals surface area contributed by atoms with Crippen LogP contribution in [0.1, 0.15) is 40.5 Å². The lowest BCUT2D eigenvalue weighted by atomic mass is 10.00. The fraction of sp³-hybridized carbons (Fsp3) is 1.00. The van der Waals surface area contributed by atoms with Crippen LogP contribution in [0, 0.1) is 5.92 Å². The zero-order valence-corrected chi connectivity index (χ0v) is 12.7. The van der Waals surface area contributed by atoms with Crippen molar-refractivity contribution in [1.29, 1.82) is 0 Å². The monoisotopic (exact) mass is 253 g/mol. The Labute approximate surface area is 113 Å². The lowest BCUT2D eigenvalue weighted by Crippen LogP contribution is -2.55. The van der Waals surface area contributed by atoms with Gasteiger partial charge in [-0.25, -0.2) is 0 Å². The number of piperazine rings is 1. The minimum absolute atomic E-state index is 0.706. The van der Waals surface area contributed by atoms with Crippen molar-refractivity contribution in [1.82, 2.24) is 15.1 Å². The smallest absolute Gasteiger partial charge is 0.0195 e. The molecule has 0 spiro atoms. The van der Waals surface area contributed by atoms with Gasteiger partial charge in [-0.15, -0.1) is 0 Å². The first kappa shape index (κ1) is 14.3. The molecule has 3 heteroatoms. The first-order valence-electron chi connectivity index (χ1n) is 7.83. The van der Waals surface area contributed by atoms with E-state index < -0.39 is 0 Å². The van der Waals surface area contributed by atoms with Crippen LogP contribution >= 0.6 is 0 Å². The van der Waals surface area contributed by atoms with E-state index in [-0.39, 0.29) is 0 Å². The number of hydrogen-bond acceptors (Lipinski definition) is 3. The quantitative estimate of drug-likeness (QED) is 0.778. The van der Waals surface area contributed by atoms with E-state index in [1.54, 1.807) is 0 Å². The molecule has 0 aromatic rings. The van der Waals surface area contributed by atoms with Gasteiger partial charge in [0.25, 0.3) is 0 Å². The molecule has 18 heavy (non-hydrogen) atoms. The van der Waals surface area contributed by atoms with Gasteiger partial charge in [-0.05, 0) is 45.7 Å². The number of nitrogens with zero attached hydrogens (tertiary/aromatic N) is 2. The molecule has 0 bridgehead atoms. The highest BCUT2D eigenvalue weighted by Crippen LogP contribution is 2.21. The van der Waals surface area contributed by atoms with Gasteiger partial charge in [-0.3, -0.25) is 9.80 Å². The van der Waals surface area contributed by atoms with E-state index in [9.17, 15) is 0 Å². The average Bonchev–Trinajstić information content (AvgIpc) is 3.19. The first-order valence-corrected chi connectivity index (χ1v) is 7.83. The molecule has 0 aromatic carbocycles. The fourth-order valence-electron chi connectivity index (χ4n) is 3.03. The molecule has 2 aliphatic rings. The molecule has 0 aromatic heterocycles. The molecule has 1 heterocycles. The molecular formula is C15H31N3. The van der Waals surface area contributed by atoms with Gasteiger partial charge in [0, 0.05) is 37.8 Å². The maximum atomic E-state index is 3.67. The molecule has 3 atom stereocenters. The second-order valence-electron chi connectivity index (χ2n) is 6.37. The maximum absolute atomic E-state index is 3.67. The lowest BCUT2D eigenvalue weighted by Gasteiger charge is -2.43. The van der Waals surface area contributed by atoms with Crippen LogP contribution in [0.15, 0.2) is 0 Å². The summed E-state index contributed by atoms with van der Waals surface area (Å²) in [5.74, 6) is 0.756. The van der Waals surface area contributed by atoms with Gasteiger partial charge in [-0.2, -0.15) is 0 Å². The third kappa shape index (κ3) is 3.69. The van der Waals surface area contributed by atoms with Crippen LogP contribution in [0.4, 0.5) is 0 Å². The van der Waals surface area contributed by atoms with Gasteiger partial charge >= 0.3 is 0 Å². The Morgan fingerprint density at radius 3 is 2.50 bits per heavy atom. The van der Waals surface area contributed by atoms with Crippen LogP contribution in [0.3, 0.4) is 0 Å². The molecule has 2 fully saturated rings. The van der Waals surface area contributed by atoms with Crippen molar-refractivity contribution in [3.05, 3.63) is 0 Å². The summed E-state index contributed by atoms with van der Waals surface area (Å²) in [7, 11) is 0. The van der Waals surface area contributed by atoms with Crippen LogP contribution in [-0.2, 0) is 0 Å². The van der Waals surface area contributed by atoms with Crippen molar-refractivity contribution >= 4 is 0 Å². The summed E-state index contributed by atoms with van der Waals surface area (Å²) in [6, 6.07) is 2.27. The fourth-order valence-corrected chi connectivity index (χ4v) is 3.03. The second-order valence-corrected chi connectivity index (χ2v) is 6.37. The summed E-state index contributed by atoms with van der Waals surface area (Å²) < 4.78 is 0. The molecule has 0 amide bonds. The normalized spacial score (nSPS) is 30.3. The minimum atomic E-state index is 0.706. The Morgan fingerprint density at radius 1 is 1.22 bits per heavy atom. The van der Waals surface area contributed by atoms with Gasteiger partial charge in [0.05, 0.1) is 0 Å². The second kappa shape index (κ2) is 6.36. The Bertz CT molecular complexity index is 252. The molecule has 106 valence electrons. The number of rotatable bonds is 6. The largest absolute Gasteiger partial charge is 0.314 e. The summed E-state index contributed by atoms with van der Waals surface area (Å²) in [4.78, 5) is 5.28. The third-order valence-electron chi connectivity index (χ3n) is 4.91. The molecule has 1 aliphatic carbocycles. The van der Waals surface area contributed by atoms with Gasteiger partial charge in [-0.1, -0.05) is 13.8 Å². The molecule has 1 saturated carbocycles. The van der Waals surface area contributed by atoms with Gasteiger partial charge < -0.3 is 5.32 Å². The molecule has 2 rings (SSSR count). The summed E-state index contributed by atoms with van der Waals surface area (Å²) in [5, 5.41) is 3.67. The molecule has 3 nitrogen and oxygen atoms in total. The van der Waals surface area contributed by atoms with E-state index in [1.165, 1.54) is 45.6 Å². The highest BCUT2D eigenvalue weighted by Gasteiger charge is 2.29. The minimum Gasteiger partial charge on any atom is -0.314 e. The molecule has 3 unspecified atom stereocenters. The summed E-state index contributed by atoms with van der Waals surface area (Å²) in [6.07, 6.45) is 2.79. The molecule has 0 radical (unpaired) electrons. The van der Waals surface area contributed by atoms with Crippen molar-refractivity contribution in [3.8, 4) is 0 Å². The standard InChI is InChI=1S/C15H31N3/c1-5-17-8-9-18(11-13(17)3)14(4)12(2)10-16-15-6-7-15/h12-16H,5-11H2,1-4H3. The summed E-state index contributed by atoms with van der Waals surface area (Å²) in [6.45, 7) is 15.6. The van der Waals surface area contributed by atoms with E-state index in [1.807, 2.05) is 0 Å². The van der Waals surface area contributed by atoms with Crippen LogP contribution in [0.5, 0.6) is 0 Å². The molecule has 1 N–H and O–H groups in total. The Kier molecular flexibility index (Phi) is 5.05. The lowest BCUT2D eigenvalue weighted by molar-refractivity contribution is 0.0474. The third-order valence-corrected chi connectivity index (χ3v) is 4.91. The van der Waals surface area contributed by atoms with Crippen molar-refractivity contribution in [2.75, 3.05) is 32.7 Å². The molecular weight excluding hydrogens is 222 g/mol. The van der Waals surface area contributed by atoms with E-state index in [2.05, 4.69) is 42.8 Å². The van der Waals surface area contributed by atoms with Crippen molar-refractivity contribution < 1.29 is 0 Å². The predicted octanol–water partition coefficient (Wildman–Crippen LogP) is 1.79. The van der Waals surface area contributed by atoms with Crippen molar-refractivity contribution in [2.45, 2.75) is 58.7 Å². The summed E-state index contributed by atoms with van der Waals surface area (Å²) in [5.41, 5.74) is 0. The van der Waals surface area contributed by atoms with E-state index in [0.717, 1.165) is 18.0 Å². The van der Waals surface area contributed by atoms with Crippen LogP contribution in [-0.4, -0.2) is 60.6 Å². The van der Waals surface area contributed by atoms with Crippen LogP contribution in [0.2, 0.25) is 0 Å².